The molecule has 11 heteroatoms. The maximum Gasteiger partial charge on any atom is 0.419 e. The highest BCUT2D eigenvalue weighted by molar-refractivity contribution is 5.83. The summed E-state index contributed by atoms with van der Waals surface area (Å²) in [6.07, 6.45) is -0.602. The minimum absolute atomic E-state index is 0.000396. The molecule has 1 aromatic carbocycles. The lowest BCUT2D eigenvalue weighted by Gasteiger charge is -2.34. The molecule has 8 nitrogen and oxygen atoms in total. The van der Waals surface area contributed by atoms with E-state index < -0.39 is 11.7 Å². The van der Waals surface area contributed by atoms with E-state index in [2.05, 4.69) is 20.2 Å². The van der Waals surface area contributed by atoms with Crippen LogP contribution in [0, 0.1) is 0 Å². The standard InChI is InChI=1S/C22H21F3N6O2/c23-22(24,25)13-9-26-21(27-10-13)31-12-14-8-15(31)11-30(14)19(32)7-3-6-18-16-4-1-2-5-17(16)20(33)29-28-18/h1-2,4-5,9-10,14-15H,3,6-8,11-12H2,(H,29,33). The smallest absolute Gasteiger partial charge is 0.336 e. The molecule has 0 saturated carbocycles. The first-order valence-corrected chi connectivity index (χ1v) is 10.7. The molecule has 2 aliphatic heterocycles. The van der Waals surface area contributed by atoms with Crippen molar-refractivity contribution in [3.8, 4) is 0 Å². The Morgan fingerprint density at radius 1 is 1.09 bits per heavy atom. The number of likely N-dealkylation sites (tertiary alicyclic amines) is 1. The highest BCUT2D eigenvalue weighted by atomic mass is 19.4. The van der Waals surface area contributed by atoms with Crippen LogP contribution >= 0.6 is 0 Å². The quantitative estimate of drug-likeness (QED) is 0.632. The van der Waals surface area contributed by atoms with Gasteiger partial charge in [-0.2, -0.15) is 18.3 Å². The molecule has 2 aromatic heterocycles. The first-order chi connectivity index (χ1) is 15.8. The van der Waals surface area contributed by atoms with Crippen LogP contribution in [0.25, 0.3) is 10.8 Å². The molecule has 1 N–H and O–H groups in total. The van der Waals surface area contributed by atoms with E-state index >= 15 is 0 Å². The lowest BCUT2D eigenvalue weighted by molar-refractivity contribution is -0.138. The number of nitrogens with one attached hydrogen (secondary N) is 1. The van der Waals surface area contributed by atoms with Crippen molar-refractivity contribution in [2.45, 2.75) is 43.9 Å². The number of carbonyl (C=O) groups is 1. The van der Waals surface area contributed by atoms with Crippen LogP contribution in [0.4, 0.5) is 19.1 Å². The van der Waals surface area contributed by atoms with Gasteiger partial charge < -0.3 is 9.80 Å². The third-order valence-electron chi connectivity index (χ3n) is 6.36. The van der Waals surface area contributed by atoms with Crippen molar-refractivity contribution in [3.05, 3.63) is 58.3 Å². The molecule has 0 radical (unpaired) electrons. The summed E-state index contributed by atoms with van der Waals surface area (Å²) < 4.78 is 38.2. The molecular weight excluding hydrogens is 437 g/mol. The van der Waals surface area contributed by atoms with Crippen LogP contribution in [0.3, 0.4) is 0 Å². The zero-order valence-corrected chi connectivity index (χ0v) is 17.5. The molecule has 2 saturated heterocycles. The predicted octanol–water partition coefficient (Wildman–Crippen LogP) is 2.54. The van der Waals surface area contributed by atoms with E-state index in [9.17, 15) is 22.8 Å². The van der Waals surface area contributed by atoms with Gasteiger partial charge in [-0.3, -0.25) is 9.59 Å². The number of halogens is 3. The summed E-state index contributed by atoms with van der Waals surface area (Å²) in [6.45, 7) is 1.02. The van der Waals surface area contributed by atoms with E-state index in [0.717, 1.165) is 29.9 Å². The van der Waals surface area contributed by atoms with Gasteiger partial charge in [0.05, 0.1) is 28.7 Å². The second-order valence-corrected chi connectivity index (χ2v) is 8.41. The Labute approximate surface area is 186 Å². The van der Waals surface area contributed by atoms with E-state index in [0.29, 0.717) is 37.7 Å². The highest BCUT2D eigenvalue weighted by Gasteiger charge is 2.46. The van der Waals surface area contributed by atoms with Gasteiger partial charge in [-0.25, -0.2) is 15.1 Å². The molecule has 0 aliphatic carbocycles. The van der Waals surface area contributed by atoms with Crippen molar-refractivity contribution in [1.82, 2.24) is 25.1 Å². The number of aromatic nitrogens is 4. The second-order valence-electron chi connectivity index (χ2n) is 8.41. The monoisotopic (exact) mass is 458 g/mol. The zero-order chi connectivity index (χ0) is 23.2. The number of alkyl halides is 3. The van der Waals surface area contributed by atoms with Crippen LogP contribution in [0.1, 0.15) is 30.5 Å². The number of H-pyrrole nitrogens is 1. The zero-order valence-electron chi connectivity index (χ0n) is 17.5. The van der Waals surface area contributed by atoms with Gasteiger partial charge in [0, 0.05) is 37.3 Å². The number of rotatable bonds is 5. The third kappa shape index (κ3) is 4.03. The molecule has 2 aliphatic rings. The van der Waals surface area contributed by atoms with Gasteiger partial charge in [0.1, 0.15) is 0 Å². The fourth-order valence-corrected chi connectivity index (χ4v) is 4.75. The van der Waals surface area contributed by atoms with E-state index in [1.807, 2.05) is 21.9 Å². The van der Waals surface area contributed by atoms with Crippen molar-refractivity contribution in [1.29, 1.82) is 0 Å². The Hall–Kier alpha value is -3.50. The molecule has 2 unspecified atom stereocenters. The Morgan fingerprint density at radius 3 is 2.48 bits per heavy atom. The van der Waals surface area contributed by atoms with Gasteiger partial charge in [0.15, 0.2) is 0 Å². The molecule has 5 rings (SSSR count). The summed E-state index contributed by atoms with van der Waals surface area (Å²) in [5, 5.41) is 8.03. The lowest BCUT2D eigenvalue weighted by atomic mass is 10.1. The number of aromatic amines is 1. The number of anilines is 1. The van der Waals surface area contributed by atoms with Gasteiger partial charge in [-0.05, 0) is 25.3 Å². The van der Waals surface area contributed by atoms with Crippen LogP contribution in [0.5, 0.6) is 0 Å². The maximum atomic E-state index is 12.8. The van der Waals surface area contributed by atoms with Crippen molar-refractivity contribution in [3.63, 3.8) is 0 Å². The fraction of sp³-hybridized carbons (Fsp3) is 0.409. The summed E-state index contributed by atoms with van der Waals surface area (Å²) in [5.41, 5.74) is -0.358. The van der Waals surface area contributed by atoms with Crippen molar-refractivity contribution >= 4 is 22.6 Å². The molecular formula is C22H21F3N6O2. The molecule has 2 fully saturated rings. The van der Waals surface area contributed by atoms with E-state index in [4.69, 9.17) is 0 Å². The van der Waals surface area contributed by atoms with Gasteiger partial charge in [0.25, 0.3) is 5.56 Å². The van der Waals surface area contributed by atoms with E-state index in [1.165, 1.54) is 0 Å². The summed E-state index contributed by atoms with van der Waals surface area (Å²) >= 11 is 0. The van der Waals surface area contributed by atoms with E-state index in [-0.39, 0.29) is 29.5 Å². The summed E-state index contributed by atoms with van der Waals surface area (Å²) in [7, 11) is 0. The number of carbonyl (C=O) groups excluding carboxylic acids is 1. The van der Waals surface area contributed by atoms with Crippen molar-refractivity contribution in [2.24, 2.45) is 0 Å². The molecule has 172 valence electrons. The maximum absolute atomic E-state index is 12.8. The van der Waals surface area contributed by atoms with Crippen LogP contribution < -0.4 is 10.5 Å². The summed E-state index contributed by atoms with van der Waals surface area (Å²) in [4.78, 5) is 36.2. The number of fused-ring (bicyclic) bond motifs is 3. The number of hydrogen-bond acceptors (Lipinski definition) is 6. The first-order valence-electron chi connectivity index (χ1n) is 10.7. The van der Waals surface area contributed by atoms with Crippen LogP contribution in [-0.2, 0) is 17.4 Å². The molecule has 0 spiro atoms. The van der Waals surface area contributed by atoms with Crippen LogP contribution in [0.2, 0.25) is 0 Å². The van der Waals surface area contributed by atoms with Crippen LogP contribution in [-0.4, -0.2) is 56.1 Å². The third-order valence-corrected chi connectivity index (χ3v) is 6.36. The topological polar surface area (TPSA) is 95.1 Å². The van der Waals surface area contributed by atoms with Crippen LogP contribution in [0.15, 0.2) is 41.5 Å². The number of amides is 1. The molecule has 2 bridgehead atoms. The normalized spacial score (nSPS) is 20.1. The largest absolute Gasteiger partial charge is 0.419 e. The van der Waals surface area contributed by atoms with Gasteiger partial charge >= 0.3 is 6.18 Å². The average Bonchev–Trinajstić information content (AvgIpc) is 3.41. The Bertz CT molecular complexity index is 1240. The van der Waals surface area contributed by atoms with Crippen molar-refractivity contribution < 1.29 is 18.0 Å². The number of hydrogen-bond donors (Lipinski definition) is 1. The highest BCUT2D eigenvalue weighted by Crippen LogP contribution is 2.34. The van der Waals surface area contributed by atoms with Gasteiger partial charge in [-0.1, -0.05) is 18.2 Å². The fourth-order valence-electron chi connectivity index (χ4n) is 4.75. The SMILES string of the molecule is O=C(CCCc1n[nH]c(=O)c2ccccc12)N1CC2CC1CN2c1ncc(C(F)(F)F)cn1. The molecule has 33 heavy (non-hydrogen) atoms. The summed E-state index contributed by atoms with van der Waals surface area (Å²) in [5.74, 6) is 0.308. The molecule has 4 heterocycles. The first kappa shape index (κ1) is 21.4. The molecule has 2 atom stereocenters. The molecule has 3 aromatic rings. The summed E-state index contributed by atoms with van der Waals surface area (Å²) in [6, 6.07) is 7.25. The predicted molar refractivity (Wildman–Crippen MR) is 114 cm³/mol. The Balaban J connectivity index is 1.17. The number of piperazine rings is 1. The van der Waals surface area contributed by atoms with Gasteiger partial charge in [-0.15, -0.1) is 0 Å². The Kier molecular flexibility index (Phi) is 5.26. The Morgan fingerprint density at radius 2 is 1.82 bits per heavy atom. The number of benzene rings is 1. The second kappa shape index (κ2) is 8.13. The average molecular weight is 458 g/mol. The van der Waals surface area contributed by atoms with Crippen molar-refractivity contribution in [2.75, 3.05) is 18.0 Å². The number of aryl methyl sites for hydroxylation is 1. The minimum atomic E-state index is -4.47. The van der Waals surface area contributed by atoms with Gasteiger partial charge in [0.2, 0.25) is 11.9 Å². The van der Waals surface area contributed by atoms with E-state index in [1.54, 1.807) is 12.1 Å². The lowest BCUT2D eigenvalue weighted by Crippen LogP contribution is -2.49. The molecule has 1 amide bonds. The minimum Gasteiger partial charge on any atom is -0.336 e. The number of nitrogens with zero attached hydrogens (tertiary/aromatic N) is 5.